The van der Waals surface area contributed by atoms with Gasteiger partial charge < -0.3 is 4.74 Å². The van der Waals surface area contributed by atoms with Crippen molar-refractivity contribution in [3.8, 4) is 5.75 Å². The van der Waals surface area contributed by atoms with Crippen molar-refractivity contribution in [3.63, 3.8) is 0 Å². The first kappa shape index (κ1) is 13.6. The van der Waals surface area contributed by atoms with Gasteiger partial charge in [0.05, 0.1) is 12.7 Å². The highest BCUT2D eigenvalue weighted by molar-refractivity contribution is 6.31. The number of aryl methyl sites for hydroxylation is 1. The largest absolute Gasteiger partial charge is 0.494 e. The molecule has 2 aromatic rings. The van der Waals surface area contributed by atoms with E-state index in [2.05, 4.69) is 0 Å². The van der Waals surface area contributed by atoms with E-state index in [0.717, 1.165) is 5.56 Å². The quantitative estimate of drug-likeness (QED) is 0.793. The van der Waals surface area contributed by atoms with Crippen LogP contribution >= 0.6 is 11.6 Å². The van der Waals surface area contributed by atoms with Crippen LogP contribution < -0.4 is 4.74 Å². The lowest BCUT2D eigenvalue weighted by Gasteiger charge is -2.07. The van der Waals surface area contributed by atoms with Gasteiger partial charge in [0.25, 0.3) is 0 Å². The molecular weight excluding hydrogens is 267 g/mol. The normalized spacial score (nSPS) is 10.3. The third-order valence-electron chi connectivity index (χ3n) is 2.85. The van der Waals surface area contributed by atoms with Crippen molar-refractivity contribution >= 4 is 17.4 Å². The molecule has 98 valence electrons. The van der Waals surface area contributed by atoms with Gasteiger partial charge in [0.1, 0.15) is 0 Å². The third-order valence-corrected chi connectivity index (χ3v) is 3.27. The molecule has 0 spiro atoms. The van der Waals surface area contributed by atoms with Crippen molar-refractivity contribution in [2.24, 2.45) is 0 Å². The van der Waals surface area contributed by atoms with E-state index in [4.69, 9.17) is 16.3 Å². The molecule has 0 unspecified atom stereocenters. The summed E-state index contributed by atoms with van der Waals surface area (Å²) in [4.78, 5) is 12.3. The first-order valence-corrected chi connectivity index (χ1v) is 6.05. The van der Waals surface area contributed by atoms with Crippen LogP contribution in [-0.2, 0) is 0 Å². The zero-order chi connectivity index (χ0) is 14.0. The second-order valence-electron chi connectivity index (χ2n) is 4.11. The van der Waals surface area contributed by atoms with Gasteiger partial charge in [-0.15, -0.1) is 0 Å². The van der Waals surface area contributed by atoms with E-state index >= 15 is 0 Å². The molecule has 0 bridgehead atoms. The van der Waals surface area contributed by atoms with Gasteiger partial charge in [0, 0.05) is 10.6 Å². The highest BCUT2D eigenvalue weighted by Crippen LogP contribution is 2.24. The molecule has 2 rings (SSSR count). The molecule has 0 heterocycles. The summed E-state index contributed by atoms with van der Waals surface area (Å²) in [5, 5.41) is 0.572. The van der Waals surface area contributed by atoms with Gasteiger partial charge >= 0.3 is 0 Å². The molecule has 0 saturated heterocycles. The second kappa shape index (κ2) is 5.41. The summed E-state index contributed by atoms with van der Waals surface area (Å²) >= 11 is 5.90. The fraction of sp³-hybridized carbons (Fsp3) is 0.133. The molecule has 0 atom stereocenters. The zero-order valence-corrected chi connectivity index (χ0v) is 11.3. The zero-order valence-electron chi connectivity index (χ0n) is 10.5. The number of carbonyl (C=O) groups excluding carboxylic acids is 1. The smallest absolute Gasteiger partial charge is 0.196 e. The molecule has 2 aromatic carbocycles. The minimum Gasteiger partial charge on any atom is -0.494 e. The molecule has 0 aromatic heterocycles. The summed E-state index contributed by atoms with van der Waals surface area (Å²) in [5.41, 5.74) is 1.16. The molecule has 2 nitrogen and oxygen atoms in total. The monoisotopic (exact) mass is 278 g/mol. The van der Waals surface area contributed by atoms with E-state index in [1.54, 1.807) is 31.2 Å². The van der Waals surface area contributed by atoms with Crippen LogP contribution in [-0.4, -0.2) is 12.9 Å². The van der Waals surface area contributed by atoms with Crippen molar-refractivity contribution in [1.82, 2.24) is 0 Å². The number of hydrogen-bond donors (Lipinski definition) is 0. The molecule has 0 amide bonds. The molecule has 4 heteroatoms. The molecule has 0 fully saturated rings. The SMILES string of the molecule is COc1cccc(C(=O)c2ccc(Cl)c(C)c2)c1F. The molecule has 0 aliphatic heterocycles. The Morgan fingerprint density at radius 1 is 1.26 bits per heavy atom. The number of halogens is 2. The average Bonchev–Trinajstić information content (AvgIpc) is 2.41. The van der Waals surface area contributed by atoms with Crippen LogP contribution in [0.1, 0.15) is 21.5 Å². The summed E-state index contributed by atoms with van der Waals surface area (Å²) in [6.45, 7) is 1.79. The lowest BCUT2D eigenvalue weighted by molar-refractivity contribution is 0.103. The van der Waals surface area contributed by atoms with Crippen LogP contribution in [0.4, 0.5) is 4.39 Å². The predicted molar refractivity (Wildman–Crippen MR) is 72.6 cm³/mol. The maximum absolute atomic E-state index is 14.0. The number of hydrogen-bond acceptors (Lipinski definition) is 2. The lowest BCUT2D eigenvalue weighted by Crippen LogP contribution is -2.05. The number of ketones is 1. The highest BCUT2D eigenvalue weighted by atomic mass is 35.5. The Hall–Kier alpha value is -1.87. The fourth-order valence-electron chi connectivity index (χ4n) is 1.79. The van der Waals surface area contributed by atoms with E-state index in [9.17, 15) is 9.18 Å². The minimum absolute atomic E-state index is 0.0129. The van der Waals surface area contributed by atoms with Crippen LogP contribution in [0.15, 0.2) is 36.4 Å². The van der Waals surface area contributed by atoms with Gasteiger partial charge in [-0.1, -0.05) is 17.7 Å². The Labute approximate surface area is 115 Å². The van der Waals surface area contributed by atoms with Gasteiger partial charge in [-0.05, 0) is 42.8 Å². The minimum atomic E-state index is -0.650. The topological polar surface area (TPSA) is 26.3 Å². The Morgan fingerprint density at radius 2 is 2.00 bits per heavy atom. The Bertz CT molecular complexity index is 638. The van der Waals surface area contributed by atoms with Crippen LogP contribution in [0.2, 0.25) is 5.02 Å². The van der Waals surface area contributed by atoms with Crippen molar-refractivity contribution in [3.05, 3.63) is 63.9 Å². The second-order valence-corrected chi connectivity index (χ2v) is 4.52. The summed E-state index contributed by atoms with van der Waals surface area (Å²) in [7, 11) is 1.36. The summed E-state index contributed by atoms with van der Waals surface area (Å²) in [6.07, 6.45) is 0. The van der Waals surface area contributed by atoms with Crippen LogP contribution in [0.5, 0.6) is 5.75 Å². The highest BCUT2D eigenvalue weighted by Gasteiger charge is 2.17. The van der Waals surface area contributed by atoms with Gasteiger partial charge in [0.2, 0.25) is 0 Å². The van der Waals surface area contributed by atoms with E-state index in [-0.39, 0.29) is 11.3 Å². The number of carbonyl (C=O) groups is 1. The summed E-state index contributed by atoms with van der Waals surface area (Å²) in [6, 6.07) is 9.34. The van der Waals surface area contributed by atoms with Crippen molar-refractivity contribution < 1.29 is 13.9 Å². The van der Waals surface area contributed by atoms with Crippen LogP contribution in [0.3, 0.4) is 0 Å². The first-order valence-electron chi connectivity index (χ1n) is 5.68. The summed E-state index contributed by atoms with van der Waals surface area (Å²) < 4.78 is 18.9. The molecular formula is C15H12ClFO2. The predicted octanol–water partition coefficient (Wildman–Crippen LogP) is 4.03. The Balaban J connectivity index is 2.47. The number of benzene rings is 2. The van der Waals surface area contributed by atoms with E-state index < -0.39 is 11.6 Å². The fourth-order valence-corrected chi connectivity index (χ4v) is 1.90. The molecule has 19 heavy (non-hydrogen) atoms. The summed E-state index contributed by atoms with van der Waals surface area (Å²) in [5.74, 6) is -0.990. The van der Waals surface area contributed by atoms with Gasteiger partial charge in [-0.25, -0.2) is 4.39 Å². The third kappa shape index (κ3) is 2.61. The molecule has 0 radical (unpaired) electrons. The van der Waals surface area contributed by atoms with E-state index in [1.165, 1.54) is 19.2 Å². The maximum Gasteiger partial charge on any atom is 0.196 e. The number of ether oxygens (including phenoxy) is 1. The molecule has 0 N–H and O–H groups in total. The van der Waals surface area contributed by atoms with Crippen molar-refractivity contribution in [2.45, 2.75) is 6.92 Å². The first-order chi connectivity index (χ1) is 9.04. The van der Waals surface area contributed by atoms with Gasteiger partial charge in [-0.2, -0.15) is 0 Å². The van der Waals surface area contributed by atoms with E-state index in [0.29, 0.717) is 10.6 Å². The standard InChI is InChI=1S/C15H12ClFO2/c1-9-8-10(6-7-12(9)16)15(18)11-4-3-5-13(19-2)14(11)17/h3-8H,1-2H3. The number of methoxy groups -OCH3 is 1. The van der Waals surface area contributed by atoms with Crippen molar-refractivity contribution in [2.75, 3.05) is 7.11 Å². The Morgan fingerprint density at radius 3 is 2.63 bits per heavy atom. The van der Waals surface area contributed by atoms with Gasteiger partial charge in [0.15, 0.2) is 17.3 Å². The molecule has 0 aliphatic rings. The molecule has 0 aliphatic carbocycles. The maximum atomic E-state index is 14.0. The molecule has 0 saturated carbocycles. The van der Waals surface area contributed by atoms with Crippen molar-refractivity contribution in [1.29, 1.82) is 0 Å². The van der Waals surface area contributed by atoms with Crippen LogP contribution in [0, 0.1) is 12.7 Å². The lowest BCUT2D eigenvalue weighted by atomic mass is 10.0. The van der Waals surface area contributed by atoms with Gasteiger partial charge in [-0.3, -0.25) is 4.79 Å². The van der Waals surface area contributed by atoms with E-state index in [1.807, 2.05) is 0 Å². The van der Waals surface area contributed by atoms with Crippen LogP contribution in [0.25, 0.3) is 0 Å². The Kier molecular flexibility index (Phi) is 3.86. The average molecular weight is 279 g/mol. The number of rotatable bonds is 3.